The van der Waals surface area contributed by atoms with Crippen LogP contribution in [0.3, 0.4) is 0 Å². The fourth-order valence-electron chi connectivity index (χ4n) is 9.64. The van der Waals surface area contributed by atoms with E-state index >= 15 is 0 Å². The molecule has 398 valence electrons. The van der Waals surface area contributed by atoms with Gasteiger partial charge >= 0.3 is 5.97 Å². The Hall–Kier alpha value is -1.40. The molecule has 0 aromatic rings. The number of nitrogens with one attached hydrogen (secondary N) is 1. The maximum absolute atomic E-state index is 12.5. The van der Waals surface area contributed by atoms with E-state index in [1.165, 1.54) is 244 Å². The van der Waals surface area contributed by atoms with Gasteiger partial charge < -0.3 is 20.3 Å². The lowest BCUT2D eigenvalue weighted by Gasteiger charge is -2.22. The minimum atomic E-state index is -0.674. The van der Waals surface area contributed by atoms with Crippen LogP contribution in [-0.2, 0) is 14.3 Å². The first-order valence-corrected chi connectivity index (χ1v) is 30.4. The number of aliphatic hydroxyl groups is 2. The summed E-state index contributed by atoms with van der Waals surface area (Å²) in [4.78, 5) is 24.6. The van der Waals surface area contributed by atoms with Crippen LogP contribution in [-0.4, -0.2) is 47.4 Å². The van der Waals surface area contributed by atoms with Crippen molar-refractivity contribution in [2.45, 2.75) is 353 Å². The van der Waals surface area contributed by atoms with Crippen molar-refractivity contribution in [2.75, 3.05) is 13.2 Å². The number of allylic oxidation sites excluding steroid dienone is 2. The summed E-state index contributed by atoms with van der Waals surface area (Å²) in [5.74, 6) is -0.0470. The van der Waals surface area contributed by atoms with Gasteiger partial charge in [0.15, 0.2) is 0 Å². The molecule has 0 aromatic carbocycles. The number of hydrogen-bond donors (Lipinski definition) is 3. The lowest BCUT2D eigenvalue weighted by atomic mass is 10.0. The van der Waals surface area contributed by atoms with Crippen LogP contribution in [0.4, 0.5) is 0 Å². The first-order valence-electron chi connectivity index (χ1n) is 30.4. The van der Waals surface area contributed by atoms with Gasteiger partial charge in [-0.15, -0.1) is 0 Å². The third-order valence-corrected chi connectivity index (χ3v) is 14.3. The number of amides is 1. The molecule has 0 aliphatic carbocycles. The SMILES string of the molecule is CCCCCCCCCCCCCCCCCCCCC(=O)OCCCCCCCCC/C=C\CCCCCCCC(=O)NC(CO)C(O)CCCCCCCCCCCCCCCCCC. The Balaban J connectivity index is 3.43. The van der Waals surface area contributed by atoms with Gasteiger partial charge in [-0.1, -0.05) is 289 Å². The van der Waals surface area contributed by atoms with Crippen molar-refractivity contribution in [1.29, 1.82) is 0 Å². The summed E-state index contributed by atoms with van der Waals surface area (Å²) in [7, 11) is 0. The minimum absolute atomic E-state index is 0.00236. The van der Waals surface area contributed by atoms with E-state index in [1.54, 1.807) is 0 Å². The number of aliphatic hydroxyl groups excluding tert-OH is 2. The first kappa shape index (κ1) is 65.6. The fraction of sp³-hybridized carbons (Fsp3) is 0.934. The van der Waals surface area contributed by atoms with Crippen molar-refractivity contribution in [3.8, 4) is 0 Å². The Bertz CT molecular complexity index is 1000. The smallest absolute Gasteiger partial charge is 0.305 e. The molecule has 0 aliphatic rings. The third kappa shape index (κ3) is 53.8. The summed E-state index contributed by atoms with van der Waals surface area (Å²) in [6, 6.07) is -0.553. The van der Waals surface area contributed by atoms with Crippen LogP contribution in [0.5, 0.6) is 0 Å². The second kappa shape index (κ2) is 57.2. The maximum Gasteiger partial charge on any atom is 0.305 e. The molecular formula is C61H119NO5. The highest BCUT2D eigenvalue weighted by atomic mass is 16.5. The van der Waals surface area contributed by atoms with Gasteiger partial charge in [0.25, 0.3) is 0 Å². The highest BCUT2D eigenvalue weighted by molar-refractivity contribution is 5.76. The number of carbonyl (C=O) groups excluding carboxylic acids is 2. The van der Waals surface area contributed by atoms with Gasteiger partial charge in [-0.2, -0.15) is 0 Å². The molecule has 0 radical (unpaired) electrons. The average Bonchev–Trinajstić information content (AvgIpc) is 3.33. The predicted octanol–water partition coefficient (Wildman–Crippen LogP) is 18.9. The number of carbonyl (C=O) groups is 2. The van der Waals surface area contributed by atoms with E-state index in [0.717, 1.165) is 64.2 Å². The fourth-order valence-corrected chi connectivity index (χ4v) is 9.64. The van der Waals surface area contributed by atoms with Crippen LogP contribution < -0.4 is 5.32 Å². The zero-order valence-electron chi connectivity index (χ0n) is 45.4. The number of esters is 1. The number of ether oxygens (including phenoxy) is 1. The van der Waals surface area contributed by atoms with Crippen LogP contribution in [0.15, 0.2) is 12.2 Å². The third-order valence-electron chi connectivity index (χ3n) is 14.3. The molecule has 0 aliphatic heterocycles. The molecular weight excluding hydrogens is 827 g/mol. The van der Waals surface area contributed by atoms with Gasteiger partial charge in [0.1, 0.15) is 0 Å². The van der Waals surface area contributed by atoms with E-state index in [1.807, 2.05) is 0 Å². The van der Waals surface area contributed by atoms with Crippen LogP contribution in [0.2, 0.25) is 0 Å². The molecule has 0 saturated heterocycles. The largest absolute Gasteiger partial charge is 0.466 e. The molecule has 1 amide bonds. The zero-order valence-corrected chi connectivity index (χ0v) is 45.4. The highest BCUT2D eigenvalue weighted by Gasteiger charge is 2.20. The van der Waals surface area contributed by atoms with Gasteiger partial charge in [0.2, 0.25) is 5.91 Å². The van der Waals surface area contributed by atoms with Crippen molar-refractivity contribution in [3.05, 3.63) is 12.2 Å². The number of hydrogen-bond acceptors (Lipinski definition) is 5. The molecule has 6 heteroatoms. The van der Waals surface area contributed by atoms with E-state index in [0.29, 0.717) is 25.9 Å². The van der Waals surface area contributed by atoms with Crippen molar-refractivity contribution in [1.82, 2.24) is 5.32 Å². The summed E-state index contributed by atoms with van der Waals surface area (Å²) in [6.45, 7) is 4.96. The molecule has 6 nitrogen and oxygen atoms in total. The Kier molecular flexibility index (Phi) is 56.0. The molecule has 0 fully saturated rings. The van der Waals surface area contributed by atoms with Crippen LogP contribution in [0.1, 0.15) is 341 Å². The van der Waals surface area contributed by atoms with Crippen molar-refractivity contribution >= 4 is 11.9 Å². The normalized spacial score (nSPS) is 12.6. The van der Waals surface area contributed by atoms with E-state index in [9.17, 15) is 19.8 Å². The lowest BCUT2D eigenvalue weighted by Crippen LogP contribution is -2.45. The average molecular weight is 947 g/mol. The standard InChI is InChI=1S/C61H119NO5/c1-3-5-7-9-11-13-15-17-19-21-22-27-31-35-39-43-47-51-55-61(66)67-56-52-48-44-40-36-32-28-24-23-26-30-34-38-42-46-50-54-60(65)62-58(57-63)59(64)53-49-45-41-37-33-29-25-20-18-16-14-12-10-8-6-4-2/h23,26,58-59,63-64H,3-22,24-25,27-57H2,1-2H3,(H,62,65)/b26-23-. The summed E-state index contributed by atoms with van der Waals surface area (Å²) in [5, 5.41) is 23.3. The van der Waals surface area contributed by atoms with E-state index in [2.05, 4.69) is 31.3 Å². The Morgan fingerprint density at radius 3 is 1.06 bits per heavy atom. The van der Waals surface area contributed by atoms with Crippen molar-refractivity contribution < 1.29 is 24.5 Å². The van der Waals surface area contributed by atoms with E-state index in [4.69, 9.17) is 4.74 Å². The van der Waals surface area contributed by atoms with E-state index in [-0.39, 0.29) is 18.5 Å². The number of unbranched alkanes of at least 4 members (excludes halogenated alkanes) is 44. The maximum atomic E-state index is 12.5. The van der Waals surface area contributed by atoms with Gasteiger partial charge in [-0.25, -0.2) is 0 Å². The molecule has 2 unspecified atom stereocenters. The van der Waals surface area contributed by atoms with Crippen LogP contribution in [0, 0.1) is 0 Å². The lowest BCUT2D eigenvalue weighted by molar-refractivity contribution is -0.143. The van der Waals surface area contributed by atoms with Gasteiger partial charge in [0.05, 0.1) is 25.4 Å². The summed E-state index contributed by atoms with van der Waals surface area (Å²) >= 11 is 0. The second-order valence-electron chi connectivity index (χ2n) is 21.0. The minimum Gasteiger partial charge on any atom is -0.466 e. The Labute approximate surface area is 419 Å². The zero-order chi connectivity index (χ0) is 48.6. The molecule has 0 rings (SSSR count). The van der Waals surface area contributed by atoms with Gasteiger partial charge in [-0.05, 0) is 51.4 Å². The Morgan fingerprint density at radius 1 is 0.403 bits per heavy atom. The topological polar surface area (TPSA) is 95.9 Å². The Morgan fingerprint density at radius 2 is 0.701 bits per heavy atom. The summed E-state index contributed by atoms with van der Waals surface area (Å²) in [6.07, 6.45) is 67.8. The van der Waals surface area contributed by atoms with Crippen molar-refractivity contribution in [3.63, 3.8) is 0 Å². The van der Waals surface area contributed by atoms with Gasteiger partial charge in [0, 0.05) is 12.8 Å². The molecule has 0 saturated carbocycles. The molecule has 3 N–H and O–H groups in total. The molecule has 0 aromatic heterocycles. The predicted molar refractivity (Wildman–Crippen MR) is 292 cm³/mol. The van der Waals surface area contributed by atoms with Crippen LogP contribution >= 0.6 is 0 Å². The molecule has 0 spiro atoms. The number of rotatable bonds is 57. The molecule has 0 bridgehead atoms. The van der Waals surface area contributed by atoms with Crippen LogP contribution in [0.25, 0.3) is 0 Å². The van der Waals surface area contributed by atoms with Crippen molar-refractivity contribution in [2.24, 2.45) is 0 Å². The van der Waals surface area contributed by atoms with E-state index < -0.39 is 12.1 Å². The monoisotopic (exact) mass is 946 g/mol. The quantitative estimate of drug-likeness (QED) is 0.0321. The van der Waals surface area contributed by atoms with Gasteiger partial charge in [-0.3, -0.25) is 9.59 Å². The highest BCUT2D eigenvalue weighted by Crippen LogP contribution is 2.18. The second-order valence-corrected chi connectivity index (χ2v) is 21.0. The first-order chi connectivity index (χ1) is 33.0. The molecule has 0 heterocycles. The molecule has 67 heavy (non-hydrogen) atoms. The molecule has 2 atom stereocenters. The summed E-state index contributed by atoms with van der Waals surface area (Å²) in [5.41, 5.74) is 0. The summed E-state index contributed by atoms with van der Waals surface area (Å²) < 4.78 is 5.49.